The lowest BCUT2D eigenvalue weighted by Crippen LogP contribution is -2.53. The van der Waals surface area contributed by atoms with Crippen LogP contribution in [0.15, 0.2) is 36.4 Å². The zero-order chi connectivity index (χ0) is 29.8. The molecule has 222 valence electrons. The molecule has 2 aliphatic heterocycles. The van der Waals surface area contributed by atoms with Gasteiger partial charge in [0.1, 0.15) is 11.6 Å². The van der Waals surface area contributed by atoms with Crippen LogP contribution in [0, 0.1) is 5.82 Å². The molecule has 0 amide bonds. The van der Waals surface area contributed by atoms with Crippen molar-refractivity contribution in [2.24, 2.45) is 5.73 Å². The molecule has 2 saturated heterocycles. The summed E-state index contributed by atoms with van der Waals surface area (Å²) in [6.07, 6.45) is -0.520. The minimum atomic E-state index is -2.64. The van der Waals surface area contributed by atoms with E-state index in [4.69, 9.17) is 21.1 Å². The molecule has 0 saturated carbocycles. The van der Waals surface area contributed by atoms with Crippen molar-refractivity contribution in [3.05, 3.63) is 47.2 Å². The van der Waals surface area contributed by atoms with Crippen LogP contribution in [0.3, 0.4) is 0 Å². The fraction of sp³-hybridized carbons (Fsp3) is 0.538. The predicted octanol–water partition coefficient (Wildman–Crippen LogP) is 6.27. The highest BCUT2D eigenvalue weighted by molar-refractivity contribution is 6.32. The molecule has 6 nitrogen and oxygen atoms in total. The van der Waals surface area contributed by atoms with Crippen molar-refractivity contribution in [2.45, 2.75) is 31.1 Å². The molecule has 0 bridgehead atoms. The third kappa shape index (κ3) is 9.84. The van der Waals surface area contributed by atoms with Crippen molar-refractivity contribution >= 4 is 23.0 Å². The largest absolute Gasteiger partial charge is 0.494 e. The van der Waals surface area contributed by atoms with E-state index in [0.717, 1.165) is 0 Å². The van der Waals surface area contributed by atoms with E-state index >= 15 is 0 Å². The molecule has 0 aromatic heterocycles. The molecule has 2 heterocycles. The molecule has 2 N–H and O–H groups in total. The Morgan fingerprint density at radius 1 is 0.846 bits per heavy atom. The quantitative estimate of drug-likeness (QED) is 0.426. The number of nitrogens with zero attached hydrogens (tertiary/aromatic N) is 3. The average Bonchev–Trinajstić information content (AvgIpc) is 2.91. The lowest BCUT2D eigenvalue weighted by Gasteiger charge is -2.41. The van der Waals surface area contributed by atoms with Crippen molar-refractivity contribution in [2.75, 3.05) is 71.6 Å². The van der Waals surface area contributed by atoms with Crippen LogP contribution in [0.25, 0.3) is 0 Å². The zero-order valence-electron chi connectivity index (χ0n) is 22.8. The smallest absolute Gasteiger partial charge is 0.264 e. The van der Waals surface area contributed by atoms with Gasteiger partial charge in [0, 0.05) is 52.0 Å². The molecule has 0 unspecified atom stereocenters. The minimum absolute atomic E-state index is 0.173. The second kappa shape index (κ2) is 15.9. The zero-order valence-corrected chi connectivity index (χ0v) is 23.6. The summed E-state index contributed by atoms with van der Waals surface area (Å²) in [7, 11) is 6.59. The van der Waals surface area contributed by atoms with Gasteiger partial charge in [-0.05, 0) is 31.3 Å². The molecule has 0 spiro atoms. The van der Waals surface area contributed by atoms with E-state index in [1.807, 2.05) is 6.07 Å². The minimum Gasteiger partial charge on any atom is -0.494 e. The highest BCUT2D eigenvalue weighted by Gasteiger charge is 2.38. The van der Waals surface area contributed by atoms with Gasteiger partial charge < -0.3 is 25.1 Å². The average molecular weight is 587 g/mol. The Balaban J connectivity index is 0.000000347. The van der Waals surface area contributed by atoms with Crippen LogP contribution in [0.1, 0.15) is 19.3 Å². The number of benzene rings is 2. The Morgan fingerprint density at radius 3 is 1.97 bits per heavy atom. The predicted molar refractivity (Wildman–Crippen MR) is 144 cm³/mol. The first-order valence-electron chi connectivity index (χ1n) is 12.1. The maximum atomic E-state index is 13.3. The van der Waals surface area contributed by atoms with Crippen molar-refractivity contribution < 1.29 is 35.8 Å². The summed E-state index contributed by atoms with van der Waals surface area (Å²) in [5.74, 6) is -4.72. The normalized spacial score (nSPS) is 17.9. The van der Waals surface area contributed by atoms with Crippen LogP contribution in [-0.4, -0.2) is 78.5 Å². The van der Waals surface area contributed by atoms with E-state index in [1.165, 1.54) is 38.4 Å². The van der Waals surface area contributed by atoms with Gasteiger partial charge in [0.05, 0.1) is 44.3 Å². The lowest BCUT2D eigenvalue weighted by molar-refractivity contribution is -0.0565. The van der Waals surface area contributed by atoms with E-state index in [9.17, 15) is 26.3 Å². The molecule has 2 aromatic rings. The van der Waals surface area contributed by atoms with E-state index in [1.54, 1.807) is 35.2 Å². The molecular formula is C26H37ClF6N4O2. The fourth-order valence-corrected chi connectivity index (χ4v) is 4.38. The third-order valence-corrected chi connectivity index (χ3v) is 6.27. The second-order valence-corrected chi connectivity index (χ2v) is 8.90. The number of piperidine rings is 1. The van der Waals surface area contributed by atoms with Gasteiger partial charge in [-0.1, -0.05) is 17.7 Å². The number of alkyl halides is 5. The van der Waals surface area contributed by atoms with E-state index in [0.29, 0.717) is 35.1 Å². The van der Waals surface area contributed by atoms with Crippen molar-refractivity contribution in [1.29, 1.82) is 0 Å². The Hall–Kier alpha value is -2.57. The number of ether oxygens (including phenoxy) is 2. The number of hydrogen-bond acceptors (Lipinski definition) is 6. The van der Waals surface area contributed by atoms with Gasteiger partial charge in [0.15, 0.2) is 5.75 Å². The number of rotatable bonds is 4. The van der Waals surface area contributed by atoms with Crippen molar-refractivity contribution in [3.8, 4) is 11.5 Å². The number of anilines is 2. The van der Waals surface area contributed by atoms with Crippen LogP contribution in [0.2, 0.25) is 5.02 Å². The summed E-state index contributed by atoms with van der Waals surface area (Å²) in [5, 5.41) is 3.74. The first-order valence-corrected chi connectivity index (χ1v) is 12.4. The molecular weight excluding hydrogens is 550 g/mol. The fourth-order valence-electron chi connectivity index (χ4n) is 4.13. The van der Waals surface area contributed by atoms with Crippen molar-refractivity contribution in [3.63, 3.8) is 0 Å². The summed E-state index contributed by atoms with van der Waals surface area (Å²) in [6.45, 7) is 0.451. The van der Waals surface area contributed by atoms with Gasteiger partial charge in [-0.15, -0.1) is 0 Å². The van der Waals surface area contributed by atoms with Crippen LogP contribution in [0.5, 0.6) is 11.5 Å². The highest BCUT2D eigenvalue weighted by atomic mass is 35.5. The first-order chi connectivity index (χ1) is 18.5. The number of nitrogens with two attached hydrogens (primary N) is 1. The number of halogens is 7. The number of hydrazine groups is 1. The van der Waals surface area contributed by atoms with Crippen molar-refractivity contribution in [1.82, 2.24) is 5.01 Å². The molecule has 39 heavy (non-hydrogen) atoms. The van der Waals surface area contributed by atoms with E-state index < -0.39 is 17.7 Å². The topological polar surface area (TPSA) is 54.2 Å². The third-order valence-electron chi connectivity index (χ3n) is 5.97. The molecule has 0 radical (unpaired) electrons. The molecule has 2 aliphatic rings. The summed E-state index contributed by atoms with van der Waals surface area (Å²) in [5.41, 5.74) is 5.88. The molecule has 0 atom stereocenters. The monoisotopic (exact) mass is 586 g/mol. The van der Waals surface area contributed by atoms with E-state index in [2.05, 4.69) is 5.73 Å². The first kappa shape index (κ1) is 34.5. The van der Waals surface area contributed by atoms with Crippen LogP contribution < -0.4 is 25.1 Å². The number of hydrogen-bond donors (Lipinski definition) is 1. The van der Waals surface area contributed by atoms with Gasteiger partial charge in [-0.2, -0.15) is 0 Å². The maximum Gasteiger partial charge on any atom is 0.264 e. The lowest BCUT2D eigenvalue weighted by atomic mass is 10.1. The summed E-state index contributed by atoms with van der Waals surface area (Å²) < 4.78 is 85.4. The Bertz CT molecular complexity index is 1010. The molecule has 0 aliphatic carbocycles. The standard InChI is InChI=1S/C12H15ClF2N2O.C12H14F3NO.CH3F.CH5N/c1-16-8-12(14,15)6-7-17(16)10-5-3-4-9(13)11(10)18-2;1-17-11-8-9(13)2-3-10(11)16-6-4-12(14,15)5-7-16;2*1-2/h3-5H,6-8H2,1-2H3;2-3,8H,4-7H2,1H3;1H3;2H2,1H3. The van der Waals surface area contributed by atoms with Gasteiger partial charge in [-0.25, -0.2) is 27.0 Å². The Morgan fingerprint density at radius 2 is 1.44 bits per heavy atom. The second-order valence-electron chi connectivity index (χ2n) is 8.50. The Labute approximate surface area is 231 Å². The van der Waals surface area contributed by atoms with E-state index in [-0.39, 0.29) is 45.4 Å². The van der Waals surface area contributed by atoms with Crippen LogP contribution >= 0.6 is 11.6 Å². The van der Waals surface area contributed by atoms with Gasteiger partial charge in [0.2, 0.25) is 0 Å². The van der Waals surface area contributed by atoms with Gasteiger partial charge >= 0.3 is 0 Å². The summed E-state index contributed by atoms with van der Waals surface area (Å²) >= 11 is 6.03. The van der Waals surface area contributed by atoms with Gasteiger partial charge in [-0.3, -0.25) is 4.39 Å². The summed E-state index contributed by atoms with van der Waals surface area (Å²) in [6, 6.07) is 9.44. The van der Waals surface area contributed by atoms with Crippen LogP contribution in [0.4, 0.5) is 37.7 Å². The van der Waals surface area contributed by atoms with Crippen LogP contribution in [-0.2, 0) is 0 Å². The Kier molecular flexibility index (Phi) is 14.0. The number of methoxy groups -OCH3 is 2. The highest BCUT2D eigenvalue weighted by Crippen LogP contribution is 2.38. The molecule has 2 fully saturated rings. The SMILES string of the molecule is CF.CN.COc1c(Cl)cccc1N1CCC(F)(F)CN1C.COc1cc(F)ccc1N1CCC(F)(F)CC1. The molecule has 13 heteroatoms. The maximum absolute atomic E-state index is 13.3. The number of para-hydroxylation sites is 1. The van der Waals surface area contributed by atoms with Gasteiger partial charge in [0.25, 0.3) is 11.8 Å². The summed E-state index contributed by atoms with van der Waals surface area (Å²) in [4.78, 5) is 1.80. The molecule has 4 rings (SSSR count). The molecule has 2 aromatic carbocycles.